The molecule has 1 aliphatic rings. The molecule has 0 spiro atoms. The number of alkyl halides is 3. The number of carboxylic acids is 1. The topological polar surface area (TPSA) is 102 Å². The van der Waals surface area contributed by atoms with Crippen LogP contribution >= 0.6 is 0 Å². The normalized spacial score (nSPS) is 17.4. The van der Waals surface area contributed by atoms with Gasteiger partial charge in [0.15, 0.2) is 0 Å². The molecule has 0 bridgehead atoms. The van der Waals surface area contributed by atoms with Crippen molar-refractivity contribution in [2.75, 3.05) is 20.1 Å². The van der Waals surface area contributed by atoms with Crippen LogP contribution in [0.1, 0.15) is 79.9 Å². The molecule has 2 N–H and O–H groups in total. The van der Waals surface area contributed by atoms with Crippen LogP contribution in [-0.2, 0) is 22.2 Å². The number of hydrogen-bond acceptors (Lipinski definition) is 4. The minimum Gasteiger partial charge on any atom is -0.481 e. The Bertz CT molecular complexity index is 1280. The summed E-state index contributed by atoms with van der Waals surface area (Å²) in [4.78, 5) is 40.1. The Labute approximate surface area is 245 Å². The molecule has 0 aromatic heterocycles. The number of hydrogen-bond donors (Lipinski definition) is 2. The van der Waals surface area contributed by atoms with Crippen molar-refractivity contribution in [2.24, 2.45) is 11.3 Å². The molecule has 2 amide bonds. The summed E-state index contributed by atoms with van der Waals surface area (Å²) < 4.78 is 39.9. The van der Waals surface area contributed by atoms with Crippen molar-refractivity contribution >= 4 is 23.5 Å². The SMILES string of the molecule is CN(CCC(=O)O)C(=O)c1ccc(CCN(C(=O)C(=N)c2cccc(C(F)(F)F)c2)C2CCC(C(C)(C)C)CC2)cc1. The molecule has 1 saturated carbocycles. The zero-order valence-corrected chi connectivity index (χ0v) is 24.6. The summed E-state index contributed by atoms with van der Waals surface area (Å²) in [6.45, 7) is 6.95. The highest BCUT2D eigenvalue weighted by Crippen LogP contribution is 2.39. The number of amides is 2. The van der Waals surface area contributed by atoms with E-state index in [0.717, 1.165) is 43.4 Å². The maximum atomic E-state index is 13.7. The highest BCUT2D eigenvalue weighted by Gasteiger charge is 2.35. The number of carbonyl (C=O) groups excluding carboxylic acids is 2. The largest absolute Gasteiger partial charge is 0.481 e. The Morgan fingerprint density at radius 3 is 2.10 bits per heavy atom. The number of halogens is 3. The summed E-state index contributed by atoms with van der Waals surface area (Å²) in [6, 6.07) is 11.1. The van der Waals surface area contributed by atoms with E-state index in [4.69, 9.17) is 10.5 Å². The molecule has 0 unspecified atom stereocenters. The second kappa shape index (κ2) is 13.5. The van der Waals surface area contributed by atoms with Crippen LogP contribution in [0.25, 0.3) is 0 Å². The molecule has 0 saturated heterocycles. The van der Waals surface area contributed by atoms with Crippen molar-refractivity contribution in [2.45, 2.75) is 71.5 Å². The van der Waals surface area contributed by atoms with E-state index >= 15 is 0 Å². The molecule has 10 heteroatoms. The van der Waals surface area contributed by atoms with Crippen molar-refractivity contribution in [3.8, 4) is 0 Å². The van der Waals surface area contributed by atoms with Gasteiger partial charge in [0.1, 0.15) is 5.71 Å². The molecule has 1 fully saturated rings. The summed E-state index contributed by atoms with van der Waals surface area (Å²) in [5.41, 5.74) is -0.0516. The van der Waals surface area contributed by atoms with E-state index in [1.165, 1.54) is 24.1 Å². The first-order chi connectivity index (χ1) is 19.6. The zero-order valence-electron chi connectivity index (χ0n) is 24.6. The first-order valence-corrected chi connectivity index (χ1v) is 14.2. The number of carboxylic acid groups (broad SMARTS) is 1. The van der Waals surface area contributed by atoms with Gasteiger partial charge in [-0.1, -0.05) is 45.0 Å². The van der Waals surface area contributed by atoms with E-state index in [1.54, 1.807) is 29.2 Å². The molecular formula is C32H40F3N3O4. The Balaban J connectivity index is 1.77. The molecular weight excluding hydrogens is 547 g/mol. The van der Waals surface area contributed by atoms with E-state index in [-0.39, 0.29) is 42.4 Å². The van der Waals surface area contributed by atoms with E-state index in [2.05, 4.69) is 20.8 Å². The monoisotopic (exact) mass is 587 g/mol. The van der Waals surface area contributed by atoms with E-state index in [9.17, 15) is 27.6 Å². The highest BCUT2D eigenvalue weighted by atomic mass is 19.4. The lowest BCUT2D eigenvalue weighted by atomic mass is 9.71. The molecule has 0 radical (unpaired) electrons. The van der Waals surface area contributed by atoms with Crippen molar-refractivity contribution < 1.29 is 32.7 Å². The van der Waals surface area contributed by atoms with Gasteiger partial charge in [-0.15, -0.1) is 0 Å². The van der Waals surface area contributed by atoms with E-state index in [1.807, 2.05) is 0 Å². The van der Waals surface area contributed by atoms with Crippen LogP contribution in [0.3, 0.4) is 0 Å². The van der Waals surface area contributed by atoms with Gasteiger partial charge in [0.05, 0.1) is 12.0 Å². The van der Waals surface area contributed by atoms with Gasteiger partial charge < -0.3 is 14.9 Å². The molecule has 0 heterocycles. The maximum Gasteiger partial charge on any atom is 0.416 e. The van der Waals surface area contributed by atoms with E-state index < -0.39 is 29.3 Å². The lowest BCUT2D eigenvalue weighted by Crippen LogP contribution is -2.47. The van der Waals surface area contributed by atoms with Gasteiger partial charge in [0.2, 0.25) is 0 Å². The van der Waals surface area contributed by atoms with Crippen LogP contribution in [0.2, 0.25) is 0 Å². The lowest BCUT2D eigenvalue weighted by molar-refractivity contribution is -0.138. The Hall–Kier alpha value is -3.69. The third-order valence-electron chi connectivity index (χ3n) is 8.17. The molecule has 228 valence electrons. The summed E-state index contributed by atoms with van der Waals surface area (Å²) in [7, 11) is 1.54. The minimum atomic E-state index is -4.58. The first kappa shape index (κ1) is 32.8. The van der Waals surface area contributed by atoms with Crippen LogP contribution in [-0.4, -0.2) is 64.6 Å². The summed E-state index contributed by atoms with van der Waals surface area (Å²) in [6.07, 6.45) is -0.966. The van der Waals surface area contributed by atoms with Crippen LogP contribution < -0.4 is 0 Å². The van der Waals surface area contributed by atoms with Gasteiger partial charge in [0, 0.05) is 37.3 Å². The fraction of sp³-hybridized carbons (Fsp3) is 0.500. The number of benzene rings is 2. The van der Waals surface area contributed by atoms with E-state index in [0.29, 0.717) is 17.9 Å². The van der Waals surface area contributed by atoms with Gasteiger partial charge in [-0.3, -0.25) is 19.8 Å². The fourth-order valence-corrected chi connectivity index (χ4v) is 5.47. The highest BCUT2D eigenvalue weighted by molar-refractivity contribution is 6.44. The van der Waals surface area contributed by atoms with Gasteiger partial charge in [-0.2, -0.15) is 13.2 Å². The Morgan fingerprint density at radius 1 is 0.929 bits per heavy atom. The fourth-order valence-electron chi connectivity index (χ4n) is 5.47. The van der Waals surface area contributed by atoms with Crippen LogP contribution in [0, 0.1) is 16.7 Å². The third-order valence-corrected chi connectivity index (χ3v) is 8.17. The maximum absolute atomic E-state index is 13.7. The average Bonchev–Trinajstić information content (AvgIpc) is 2.94. The number of nitrogens with one attached hydrogen (secondary N) is 1. The standard InChI is InChI=1S/C32H40F3N3O4/c1-31(2,3)24-12-14-26(15-13-24)38(30(42)28(36)23-6-5-7-25(20-23)32(33,34)35)19-16-21-8-10-22(11-9-21)29(41)37(4)18-17-27(39)40/h5-11,20,24,26,36H,12-19H2,1-4H3,(H,39,40). The molecule has 3 rings (SSSR count). The van der Waals surface area contributed by atoms with Gasteiger partial charge in [-0.05, 0) is 73.3 Å². The van der Waals surface area contributed by atoms with Gasteiger partial charge in [0.25, 0.3) is 11.8 Å². The summed E-state index contributed by atoms with van der Waals surface area (Å²) in [5, 5.41) is 17.4. The number of carbonyl (C=O) groups is 3. The number of aliphatic carboxylic acids is 1. The quantitative estimate of drug-likeness (QED) is 0.319. The molecule has 0 atom stereocenters. The van der Waals surface area contributed by atoms with Crippen molar-refractivity contribution in [3.05, 3.63) is 70.8 Å². The molecule has 2 aromatic rings. The summed E-state index contributed by atoms with van der Waals surface area (Å²) in [5.74, 6) is -1.39. The second-order valence-corrected chi connectivity index (χ2v) is 12.1. The third kappa shape index (κ3) is 8.66. The predicted octanol–water partition coefficient (Wildman–Crippen LogP) is 6.30. The lowest BCUT2D eigenvalue weighted by Gasteiger charge is -2.41. The second-order valence-electron chi connectivity index (χ2n) is 12.1. The minimum absolute atomic E-state index is 0.0712. The first-order valence-electron chi connectivity index (χ1n) is 14.2. The molecule has 42 heavy (non-hydrogen) atoms. The van der Waals surface area contributed by atoms with Gasteiger partial charge in [-0.25, -0.2) is 0 Å². The number of rotatable bonds is 10. The van der Waals surface area contributed by atoms with Gasteiger partial charge >= 0.3 is 12.1 Å². The average molecular weight is 588 g/mol. The van der Waals surface area contributed by atoms with Crippen LogP contribution in [0.4, 0.5) is 13.2 Å². The van der Waals surface area contributed by atoms with Crippen molar-refractivity contribution in [1.29, 1.82) is 5.41 Å². The zero-order chi connectivity index (χ0) is 31.2. The molecule has 2 aromatic carbocycles. The van der Waals surface area contributed by atoms with Crippen molar-refractivity contribution in [3.63, 3.8) is 0 Å². The Morgan fingerprint density at radius 2 is 1.55 bits per heavy atom. The molecule has 1 aliphatic carbocycles. The number of nitrogens with zero attached hydrogens (tertiary/aromatic N) is 2. The van der Waals surface area contributed by atoms with Crippen LogP contribution in [0.15, 0.2) is 48.5 Å². The molecule has 7 nitrogen and oxygen atoms in total. The smallest absolute Gasteiger partial charge is 0.416 e. The van der Waals surface area contributed by atoms with Crippen LogP contribution in [0.5, 0.6) is 0 Å². The summed E-state index contributed by atoms with van der Waals surface area (Å²) >= 11 is 0. The molecule has 0 aliphatic heterocycles. The van der Waals surface area contributed by atoms with Crippen molar-refractivity contribution in [1.82, 2.24) is 9.80 Å². The Kier molecular flexibility index (Phi) is 10.6. The predicted molar refractivity (Wildman–Crippen MR) is 155 cm³/mol.